The van der Waals surface area contributed by atoms with Crippen molar-refractivity contribution in [2.24, 2.45) is 40.9 Å². The molecule has 2 fully saturated rings. The van der Waals surface area contributed by atoms with E-state index in [1.807, 2.05) is 0 Å². The van der Waals surface area contributed by atoms with Gasteiger partial charge < -0.3 is 0 Å². The molecule has 0 bridgehead atoms. The van der Waals surface area contributed by atoms with Crippen LogP contribution in [0.1, 0.15) is 92.9 Å². The molecule has 0 heterocycles. The summed E-state index contributed by atoms with van der Waals surface area (Å²) in [5.41, 5.74) is 0.655. The third-order valence-electron chi connectivity index (χ3n) is 7.34. The van der Waals surface area contributed by atoms with Crippen molar-refractivity contribution in [1.82, 2.24) is 0 Å². The van der Waals surface area contributed by atoms with Crippen molar-refractivity contribution in [3.05, 3.63) is 0 Å². The summed E-state index contributed by atoms with van der Waals surface area (Å²) in [6, 6.07) is 0. The third-order valence-corrected chi connectivity index (χ3v) is 7.34. The predicted octanol–water partition coefficient (Wildman–Crippen LogP) is 6.94. The lowest BCUT2D eigenvalue weighted by Crippen LogP contribution is -2.45. The van der Waals surface area contributed by atoms with Crippen LogP contribution in [-0.2, 0) is 0 Å². The van der Waals surface area contributed by atoms with E-state index in [2.05, 4.69) is 41.5 Å². The quantitative estimate of drug-likeness (QED) is 0.526. The van der Waals surface area contributed by atoms with Gasteiger partial charge in [0.05, 0.1) is 0 Å². The zero-order valence-electron chi connectivity index (χ0n) is 15.6. The Morgan fingerprint density at radius 1 is 0.714 bits per heavy atom. The zero-order chi connectivity index (χ0) is 15.6. The fraction of sp³-hybridized carbons (Fsp3) is 1.00. The first-order valence-corrected chi connectivity index (χ1v) is 9.86. The molecular weight excluding hydrogens is 252 g/mol. The maximum absolute atomic E-state index is 2.54. The minimum atomic E-state index is 0.655. The lowest BCUT2D eigenvalue weighted by molar-refractivity contribution is -0.0466. The summed E-state index contributed by atoms with van der Waals surface area (Å²) in [5, 5.41) is 0. The molecule has 2 aliphatic rings. The van der Waals surface area contributed by atoms with Gasteiger partial charge in [-0.15, -0.1) is 0 Å². The van der Waals surface area contributed by atoms with Gasteiger partial charge in [-0.05, 0) is 73.0 Å². The first kappa shape index (κ1) is 17.4. The third kappa shape index (κ3) is 3.67. The van der Waals surface area contributed by atoms with E-state index in [0.29, 0.717) is 5.41 Å². The van der Waals surface area contributed by atoms with Gasteiger partial charge in [0.25, 0.3) is 0 Å². The molecule has 0 aromatic carbocycles. The van der Waals surface area contributed by atoms with Crippen LogP contribution in [0.25, 0.3) is 0 Å². The van der Waals surface area contributed by atoms with Crippen molar-refractivity contribution in [3.63, 3.8) is 0 Å². The predicted molar refractivity (Wildman–Crippen MR) is 94.4 cm³/mol. The number of rotatable bonds is 4. The smallest absolute Gasteiger partial charge is 0.0241 e. The van der Waals surface area contributed by atoms with Crippen molar-refractivity contribution in [1.29, 1.82) is 0 Å². The molecule has 0 aliphatic heterocycles. The summed E-state index contributed by atoms with van der Waals surface area (Å²) in [7, 11) is 0. The molecule has 0 heteroatoms. The van der Waals surface area contributed by atoms with Gasteiger partial charge in [0, 0.05) is 0 Å². The minimum absolute atomic E-state index is 0.655. The molecule has 0 radical (unpaired) electrons. The molecule has 21 heavy (non-hydrogen) atoms. The van der Waals surface area contributed by atoms with Gasteiger partial charge in [0.2, 0.25) is 0 Å². The molecule has 2 unspecified atom stereocenters. The number of hydrogen-bond acceptors (Lipinski definition) is 0. The van der Waals surface area contributed by atoms with Crippen molar-refractivity contribution in [2.45, 2.75) is 92.9 Å². The van der Waals surface area contributed by atoms with Crippen LogP contribution in [0.15, 0.2) is 0 Å². The van der Waals surface area contributed by atoms with Gasteiger partial charge in [-0.25, -0.2) is 0 Å². The fourth-order valence-corrected chi connectivity index (χ4v) is 5.58. The van der Waals surface area contributed by atoms with Gasteiger partial charge in [-0.3, -0.25) is 0 Å². The topological polar surface area (TPSA) is 0 Å². The highest BCUT2D eigenvalue weighted by atomic mass is 14.5. The van der Waals surface area contributed by atoms with Crippen molar-refractivity contribution < 1.29 is 0 Å². The number of hydrogen-bond donors (Lipinski definition) is 0. The molecule has 0 saturated heterocycles. The van der Waals surface area contributed by atoms with Crippen LogP contribution in [0.5, 0.6) is 0 Å². The van der Waals surface area contributed by atoms with Gasteiger partial charge in [-0.2, -0.15) is 0 Å². The Bertz CT molecular complexity index is 290. The second-order valence-electron chi connectivity index (χ2n) is 9.37. The van der Waals surface area contributed by atoms with E-state index in [1.165, 1.54) is 51.4 Å². The van der Waals surface area contributed by atoms with Crippen LogP contribution in [0, 0.1) is 40.9 Å². The fourth-order valence-electron chi connectivity index (χ4n) is 5.58. The largest absolute Gasteiger partial charge is 0.0625 e. The van der Waals surface area contributed by atoms with Crippen LogP contribution in [0.4, 0.5) is 0 Å². The zero-order valence-corrected chi connectivity index (χ0v) is 15.6. The van der Waals surface area contributed by atoms with Crippen LogP contribution >= 0.6 is 0 Å². The summed E-state index contributed by atoms with van der Waals surface area (Å²) < 4.78 is 0. The van der Waals surface area contributed by atoms with Gasteiger partial charge >= 0.3 is 0 Å². The van der Waals surface area contributed by atoms with Crippen LogP contribution in [-0.4, -0.2) is 0 Å². The van der Waals surface area contributed by atoms with Crippen LogP contribution in [0.3, 0.4) is 0 Å². The molecule has 0 aromatic heterocycles. The molecule has 0 amide bonds. The highest BCUT2D eigenvalue weighted by Crippen LogP contribution is 2.57. The molecule has 2 rings (SSSR count). The van der Waals surface area contributed by atoms with Gasteiger partial charge in [0.1, 0.15) is 0 Å². The summed E-state index contributed by atoms with van der Waals surface area (Å²) in [5.74, 6) is 5.56. The van der Waals surface area contributed by atoms with E-state index in [1.54, 1.807) is 0 Å². The standard InChI is InChI=1S/C21H40/c1-15(2)18-12-19(16(3)4)14-21(13-18,17(5)6)20-10-8-7-9-11-20/h15-20H,7-14H2,1-6H3. The van der Waals surface area contributed by atoms with E-state index < -0.39 is 0 Å². The summed E-state index contributed by atoms with van der Waals surface area (Å²) >= 11 is 0. The maximum Gasteiger partial charge on any atom is -0.0241 e. The van der Waals surface area contributed by atoms with Crippen molar-refractivity contribution >= 4 is 0 Å². The normalized spacial score (nSPS) is 35.9. The SMILES string of the molecule is CC(C)C1CC(C(C)C)CC(C(C)C)(C2CCCCC2)C1. The van der Waals surface area contributed by atoms with Crippen molar-refractivity contribution in [3.8, 4) is 0 Å². The van der Waals surface area contributed by atoms with Crippen LogP contribution < -0.4 is 0 Å². The van der Waals surface area contributed by atoms with Crippen LogP contribution in [0.2, 0.25) is 0 Å². The Kier molecular flexibility index (Phi) is 5.83. The Balaban J connectivity index is 2.27. The lowest BCUT2D eigenvalue weighted by atomic mass is 9.51. The Labute approximate surface area is 134 Å². The molecule has 124 valence electrons. The Hall–Kier alpha value is 0. The Morgan fingerprint density at radius 3 is 1.57 bits per heavy atom. The highest BCUT2D eigenvalue weighted by molar-refractivity contribution is 4.98. The second kappa shape index (κ2) is 7.05. The average Bonchev–Trinajstić information content (AvgIpc) is 2.47. The summed E-state index contributed by atoms with van der Waals surface area (Å²) in [6.07, 6.45) is 12.1. The van der Waals surface area contributed by atoms with E-state index in [9.17, 15) is 0 Å². The van der Waals surface area contributed by atoms with E-state index in [-0.39, 0.29) is 0 Å². The summed E-state index contributed by atoms with van der Waals surface area (Å²) in [6.45, 7) is 15.0. The monoisotopic (exact) mass is 292 g/mol. The van der Waals surface area contributed by atoms with Gasteiger partial charge in [-0.1, -0.05) is 60.8 Å². The lowest BCUT2D eigenvalue weighted by Gasteiger charge is -2.54. The van der Waals surface area contributed by atoms with Crippen molar-refractivity contribution in [2.75, 3.05) is 0 Å². The minimum Gasteiger partial charge on any atom is -0.0625 e. The van der Waals surface area contributed by atoms with E-state index in [4.69, 9.17) is 0 Å². The summed E-state index contributed by atoms with van der Waals surface area (Å²) in [4.78, 5) is 0. The second-order valence-corrected chi connectivity index (χ2v) is 9.37. The molecule has 2 atom stereocenters. The maximum atomic E-state index is 2.54. The first-order chi connectivity index (χ1) is 9.86. The molecule has 0 nitrogen and oxygen atoms in total. The first-order valence-electron chi connectivity index (χ1n) is 9.86. The molecular formula is C21H40. The van der Waals surface area contributed by atoms with E-state index >= 15 is 0 Å². The molecule has 2 saturated carbocycles. The van der Waals surface area contributed by atoms with Gasteiger partial charge in [0.15, 0.2) is 0 Å². The molecule has 0 N–H and O–H groups in total. The average molecular weight is 293 g/mol. The highest BCUT2D eigenvalue weighted by Gasteiger charge is 2.48. The molecule has 2 aliphatic carbocycles. The molecule has 0 spiro atoms. The van der Waals surface area contributed by atoms with E-state index in [0.717, 1.165) is 35.5 Å². The molecule has 0 aromatic rings. The Morgan fingerprint density at radius 2 is 1.19 bits per heavy atom.